The van der Waals surface area contributed by atoms with Gasteiger partial charge in [0.1, 0.15) is 6.73 Å². The van der Waals surface area contributed by atoms with Crippen LogP contribution in [0.1, 0.15) is 37.8 Å². The van der Waals surface area contributed by atoms with Gasteiger partial charge in [-0.15, -0.1) is 0 Å². The summed E-state index contributed by atoms with van der Waals surface area (Å²) in [5.74, 6) is -0.196. The van der Waals surface area contributed by atoms with Gasteiger partial charge in [-0.05, 0) is 35.6 Å². The average Bonchev–Trinajstić information content (AvgIpc) is 2.99. The average molecular weight is 436 g/mol. The molecule has 0 aliphatic rings. The molecule has 30 heavy (non-hydrogen) atoms. The number of ether oxygens (including phenoxy) is 1. The second-order valence-corrected chi connectivity index (χ2v) is 16.0. The number of fused-ring (bicyclic) bond motifs is 1. The van der Waals surface area contributed by atoms with Crippen molar-refractivity contribution < 1.29 is 19.7 Å². The Bertz CT molecular complexity index is 868. The van der Waals surface area contributed by atoms with Gasteiger partial charge in [0.05, 0.1) is 18.2 Å². The number of aryl methyl sites for hydroxylation is 1. The third-order valence-electron chi connectivity index (χ3n) is 5.29. The molecule has 0 aliphatic heterocycles. The molecule has 7 nitrogen and oxygen atoms in total. The van der Waals surface area contributed by atoms with Crippen LogP contribution < -0.4 is 5.32 Å². The van der Waals surface area contributed by atoms with Crippen molar-refractivity contribution in [3.8, 4) is 0 Å². The quantitative estimate of drug-likeness (QED) is 0.400. The summed E-state index contributed by atoms with van der Waals surface area (Å²) >= 11 is 0. The van der Waals surface area contributed by atoms with Gasteiger partial charge in [-0.2, -0.15) is 5.10 Å². The Labute approximate surface area is 180 Å². The number of hydrogen-bond acceptors (Lipinski definition) is 4. The highest BCUT2D eigenvalue weighted by Crippen LogP contribution is 2.39. The zero-order valence-electron chi connectivity index (χ0n) is 19.3. The van der Waals surface area contributed by atoms with Crippen LogP contribution in [-0.4, -0.2) is 53.4 Å². The summed E-state index contributed by atoms with van der Waals surface area (Å²) in [5, 5.41) is 27.2. The van der Waals surface area contributed by atoms with Gasteiger partial charge in [-0.3, -0.25) is 0 Å². The zero-order valence-corrected chi connectivity index (χ0v) is 20.3. The van der Waals surface area contributed by atoms with Crippen LogP contribution in [0.3, 0.4) is 0 Å². The number of nitrogens with one attached hydrogen (secondary N) is 1. The van der Waals surface area contributed by atoms with Gasteiger partial charge in [-0.1, -0.05) is 46.5 Å². The Kier molecular flexibility index (Phi) is 7.71. The van der Waals surface area contributed by atoms with Crippen molar-refractivity contribution >= 4 is 25.1 Å². The molecule has 1 heterocycles. The lowest BCUT2D eigenvalue weighted by Crippen LogP contribution is -2.45. The van der Waals surface area contributed by atoms with Crippen LogP contribution in [-0.2, 0) is 11.5 Å². The minimum absolute atomic E-state index is 0.196. The molecule has 0 saturated heterocycles. The van der Waals surface area contributed by atoms with E-state index in [0.717, 1.165) is 34.7 Å². The number of carboxylic acid groups (broad SMARTS) is 1. The summed E-state index contributed by atoms with van der Waals surface area (Å²) in [6, 6.07) is 4.62. The monoisotopic (exact) mass is 435 g/mol. The first-order valence-electron chi connectivity index (χ1n) is 10.5. The Balaban J connectivity index is 2.31. The molecule has 168 valence electrons. The van der Waals surface area contributed by atoms with Crippen molar-refractivity contribution in [1.29, 1.82) is 0 Å². The molecular formula is C22H37N3O4Si. The van der Waals surface area contributed by atoms with Crippen LogP contribution in [0.4, 0.5) is 4.79 Å². The van der Waals surface area contributed by atoms with Crippen molar-refractivity contribution in [2.45, 2.75) is 72.1 Å². The lowest BCUT2D eigenvalue weighted by Gasteiger charge is -2.37. The summed E-state index contributed by atoms with van der Waals surface area (Å²) in [4.78, 5) is 11.3. The van der Waals surface area contributed by atoms with Crippen molar-refractivity contribution in [1.82, 2.24) is 15.1 Å². The molecule has 0 spiro atoms. The number of aliphatic hydroxyl groups is 1. The normalized spacial score (nSPS) is 14.7. The molecule has 0 radical (unpaired) electrons. The van der Waals surface area contributed by atoms with Gasteiger partial charge >= 0.3 is 6.09 Å². The fraction of sp³-hybridized carbons (Fsp3) is 0.636. The molecule has 8 heteroatoms. The number of nitrogens with zero attached hydrogens (tertiary/aromatic N) is 2. The highest BCUT2D eigenvalue weighted by Gasteiger charge is 2.35. The Morgan fingerprint density at radius 1 is 1.30 bits per heavy atom. The molecule has 0 bridgehead atoms. The van der Waals surface area contributed by atoms with Crippen LogP contribution in [0.5, 0.6) is 0 Å². The van der Waals surface area contributed by atoms with Gasteiger partial charge in [-0.25, -0.2) is 9.48 Å². The van der Waals surface area contributed by atoms with Crippen LogP contribution in [0, 0.1) is 12.3 Å². The first-order chi connectivity index (χ1) is 13.8. The number of aromatic nitrogens is 2. The number of rotatable bonds is 9. The van der Waals surface area contributed by atoms with E-state index >= 15 is 0 Å². The van der Waals surface area contributed by atoms with Crippen molar-refractivity contribution in [2.75, 3.05) is 13.2 Å². The van der Waals surface area contributed by atoms with Crippen molar-refractivity contribution in [3.63, 3.8) is 0 Å². The maximum absolute atomic E-state index is 11.3. The second-order valence-electron chi connectivity index (χ2n) is 10.4. The lowest BCUT2D eigenvalue weighted by atomic mass is 9.72. The first-order valence-corrected chi connectivity index (χ1v) is 14.2. The Morgan fingerprint density at radius 3 is 2.50 bits per heavy atom. The molecule has 2 atom stereocenters. The number of amides is 1. The summed E-state index contributed by atoms with van der Waals surface area (Å²) in [6.07, 6.45) is 0.836. The highest BCUT2D eigenvalue weighted by molar-refractivity contribution is 6.76. The first kappa shape index (κ1) is 24.4. The summed E-state index contributed by atoms with van der Waals surface area (Å²) in [5.41, 5.74) is 2.65. The third-order valence-corrected chi connectivity index (χ3v) is 6.99. The minimum Gasteiger partial charge on any atom is -0.465 e. The van der Waals surface area contributed by atoms with E-state index in [-0.39, 0.29) is 17.9 Å². The number of benzene rings is 1. The summed E-state index contributed by atoms with van der Waals surface area (Å²) in [7, 11) is -1.12. The predicted octanol–water partition coefficient (Wildman–Crippen LogP) is 4.42. The molecular weight excluding hydrogens is 398 g/mol. The van der Waals surface area contributed by atoms with E-state index in [9.17, 15) is 15.0 Å². The van der Waals surface area contributed by atoms with E-state index in [1.54, 1.807) is 0 Å². The maximum Gasteiger partial charge on any atom is 0.404 e. The van der Waals surface area contributed by atoms with Gasteiger partial charge in [0.15, 0.2) is 0 Å². The van der Waals surface area contributed by atoms with Gasteiger partial charge in [0.25, 0.3) is 0 Å². The van der Waals surface area contributed by atoms with Crippen LogP contribution in [0.25, 0.3) is 10.9 Å². The van der Waals surface area contributed by atoms with E-state index in [4.69, 9.17) is 4.74 Å². The van der Waals surface area contributed by atoms with E-state index in [2.05, 4.69) is 56.9 Å². The number of hydrogen-bond donors (Lipinski definition) is 3. The second kappa shape index (κ2) is 9.49. The zero-order chi connectivity index (χ0) is 22.7. The Morgan fingerprint density at radius 2 is 1.97 bits per heavy atom. The van der Waals surface area contributed by atoms with Crippen LogP contribution in [0.15, 0.2) is 18.3 Å². The third kappa shape index (κ3) is 6.55. The van der Waals surface area contributed by atoms with E-state index in [1.807, 2.05) is 23.9 Å². The van der Waals surface area contributed by atoms with Crippen molar-refractivity contribution in [2.24, 2.45) is 5.41 Å². The van der Waals surface area contributed by atoms with Crippen LogP contribution in [0.2, 0.25) is 25.7 Å². The van der Waals surface area contributed by atoms with Gasteiger partial charge in [0.2, 0.25) is 0 Å². The molecule has 0 aliphatic carbocycles. The highest BCUT2D eigenvalue weighted by atomic mass is 28.3. The fourth-order valence-electron chi connectivity index (χ4n) is 3.90. The smallest absolute Gasteiger partial charge is 0.404 e. The molecule has 1 aromatic carbocycles. The number of carbonyl (C=O) groups is 1. The number of aliphatic hydroxyl groups excluding tert-OH is 1. The van der Waals surface area contributed by atoms with E-state index < -0.39 is 20.2 Å². The molecule has 3 N–H and O–H groups in total. The summed E-state index contributed by atoms with van der Waals surface area (Å²) in [6.45, 7) is 16.0. The minimum atomic E-state index is -1.13. The molecule has 1 aromatic heterocycles. The molecule has 2 unspecified atom stereocenters. The maximum atomic E-state index is 11.3. The Hall–Kier alpha value is -1.90. The lowest BCUT2D eigenvalue weighted by molar-refractivity contribution is 0.0791. The van der Waals surface area contributed by atoms with Gasteiger partial charge in [0, 0.05) is 32.2 Å². The molecule has 2 aromatic rings. The van der Waals surface area contributed by atoms with E-state index in [1.165, 1.54) is 0 Å². The fourth-order valence-corrected chi connectivity index (χ4v) is 4.66. The topological polar surface area (TPSA) is 96.6 Å². The van der Waals surface area contributed by atoms with Gasteiger partial charge < -0.3 is 20.3 Å². The standard InChI is InChI=1S/C22H37N3O4Si/c1-15-10-16(19(22(2,3)4)18(13-26)23-21(27)28)11-17-12-25(24-20(15)17)14-29-8-9-30(5,6)7/h10-12,18-19,23,26H,8-9,13-14H2,1-7H3,(H,27,28). The van der Waals surface area contributed by atoms with E-state index in [0.29, 0.717) is 6.73 Å². The van der Waals surface area contributed by atoms with Crippen molar-refractivity contribution in [3.05, 3.63) is 29.5 Å². The molecule has 2 rings (SSSR count). The largest absolute Gasteiger partial charge is 0.465 e. The molecule has 0 saturated carbocycles. The molecule has 1 amide bonds. The SMILES string of the molecule is Cc1cc(C(C(CO)NC(=O)O)C(C)(C)C)cc2cn(COCC[Si](C)(C)C)nc12. The predicted molar refractivity (Wildman–Crippen MR) is 123 cm³/mol. The molecule has 0 fully saturated rings. The summed E-state index contributed by atoms with van der Waals surface area (Å²) < 4.78 is 7.64. The van der Waals surface area contributed by atoms with Crippen LogP contribution >= 0.6 is 0 Å².